The third kappa shape index (κ3) is 3.81. The highest BCUT2D eigenvalue weighted by atomic mass is 32.1. The summed E-state index contributed by atoms with van der Waals surface area (Å²) >= 11 is 1.47. The molecule has 6 heterocycles. The number of rotatable bonds is 4. The van der Waals surface area contributed by atoms with E-state index in [0.29, 0.717) is 53.9 Å². The highest BCUT2D eigenvalue weighted by molar-refractivity contribution is 7.20. The Morgan fingerprint density at radius 2 is 2.00 bits per heavy atom. The number of carbonyl (C=O) groups excluding carboxylic acids is 2. The van der Waals surface area contributed by atoms with Crippen LogP contribution < -0.4 is 4.74 Å². The number of aromatic amines is 1. The molecule has 12 heteroatoms. The van der Waals surface area contributed by atoms with Crippen LogP contribution in [0.2, 0.25) is 0 Å². The number of nitrogens with zero attached hydrogens (tertiary/aromatic N) is 7. The topological polar surface area (TPSA) is 132 Å². The molecule has 0 unspecified atom stereocenters. The van der Waals surface area contributed by atoms with Gasteiger partial charge in [0.25, 0.3) is 5.91 Å². The molecule has 5 aromatic rings. The summed E-state index contributed by atoms with van der Waals surface area (Å²) in [6.45, 7) is 1.05. The first-order chi connectivity index (χ1) is 19.6. The number of benzene rings is 1. The Labute approximate surface area is 232 Å². The molecule has 4 aromatic heterocycles. The molecule has 0 atom stereocenters. The molecule has 1 amide bonds. The van der Waals surface area contributed by atoms with E-state index >= 15 is 0 Å². The predicted octanol–water partition coefficient (Wildman–Crippen LogP) is 4.18. The third-order valence-corrected chi connectivity index (χ3v) is 9.20. The lowest BCUT2D eigenvalue weighted by molar-refractivity contribution is -0.00557. The van der Waals surface area contributed by atoms with Crippen molar-refractivity contribution < 1.29 is 14.3 Å². The largest absolute Gasteiger partial charge is 0.486 e. The molecule has 1 aromatic carbocycles. The molecule has 8 rings (SSSR count). The molecule has 3 aliphatic rings. The first-order valence-electron chi connectivity index (χ1n) is 13.4. The molecule has 0 radical (unpaired) electrons. The van der Waals surface area contributed by atoms with Crippen molar-refractivity contribution in [2.45, 2.75) is 43.6 Å². The number of aromatic nitrogens is 7. The lowest BCUT2D eigenvalue weighted by Crippen LogP contribution is -2.52. The molecule has 1 N–H and O–H groups in total. The number of likely N-dealkylation sites (tertiary alicyclic amines) is 1. The van der Waals surface area contributed by atoms with Gasteiger partial charge in [0.1, 0.15) is 16.2 Å². The van der Waals surface area contributed by atoms with Crippen LogP contribution in [-0.2, 0) is 0 Å². The lowest BCUT2D eigenvalue weighted by Gasteiger charge is -2.43. The Morgan fingerprint density at radius 3 is 2.75 bits per heavy atom. The van der Waals surface area contributed by atoms with Crippen LogP contribution in [0.15, 0.2) is 48.7 Å². The van der Waals surface area contributed by atoms with Gasteiger partial charge in [0.05, 0.1) is 22.6 Å². The number of carbonyl (C=O) groups is 2. The Morgan fingerprint density at radius 1 is 1.12 bits per heavy atom. The van der Waals surface area contributed by atoms with Crippen LogP contribution in [-0.4, -0.2) is 70.7 Å². The Kier molecular flexibility index (Phi) is 5.15. The van der Waals surface area contributed by atoms with Gasteiger partial charge in [0.2, 0.25) is 0 Å². The van der Waals surface area contributed by atoms with Gasteiger partial charge in [-0.25, -0.2) is 14.8 Å². The first-order valence-corrected chi connectivity index (χ1v) is 14.2. The maximum atomic E-state index is 13.7. The van der Waals surface area contributed by atoms with Crippen molar-refractivity contribution in [3.63, 3.8) is 0 Å². The highest BCUT2D eigenvalue weighted by Crippen LogP contribution is 2.45. The van der Waals surface area contributed by atoms with Crippen molar-refractivity contribution in [2.75, 3.05) is 13.1 Å². The van der Waals surface area contributed by atoms with Crippen LogP contribution in [0.25, 0.3) is 27.4 Å². The second-order valence-electron chi connectivity index (χ2n) is 10.7. The molecule has 200 valence electrons. The summed E-state index contributed by atoms with van der Waals surface area (Å²) in [5.41, 5.74) is 1.73. The first kappa shape index (κ1) is 23.4. The van der Waals surface area contributed by atoms with Crippen LogP contribution >= 0.6 is 11.3 Å². The Balaban J connectivity index is 1.02. The zero-order valence-electron chi connectivity index (χ0n) is 21.4. The van der Waals surface area contributed by atoms with E-state index in [1.165, 1.54) is 11.3 Å². The standard InChI is InChI=1S/C28H24N8O3S/c37-20-15-28(39-21-7-6-17(13-18(20)21)25-30-33-34-31-25)8-11-35(12-9-28)26(38)22-14-19-24(16-4-5-16)32-36(27(19)40-22)23-3-1-2-10-29-23/h1-3,6-7,10,13-14,16H,4-5,8-9,11-12,15H2,(H,30,31,33,34). The van der Waals surface area contributed by atoms with Crippen molar-refractivity contribution in [1.29, 1.82) is 0 Å². The van der Waals surface area contributed by atoms with Crippen molar-refractivity contribution in [1.82, 2.24) is 40.3 Å². The van der Waals surface area contributed by atoms with Crippen molar-refractivity contribution in [2.24, 2.45) is 0 Å². The van der Waals surface area contributed by atoms with E-state index in [2.05, 4.69) is 25.6 Å². The summed E-state index contributed by atoms with van der Waals surface area (Å²) in [5.74, 6) is 2.32. The molecule has 0 bridgehead atoms. The van der Waals surface area contributed by atoms with Gasteiger partial charge in [-0.15, -0.1) is 16.4 Å². The number of pyridine rings is 1. The van der Waals surface area contributed by atoms with E-state index < -0.39 is 5.60 Å². The fourth-order valence-electron chi connectivity index (χ4n) is 5.80. The number of ether oxygens (including phenoxy) is 1. The van der Waals surface area contributed by atoms with E-state index in [4.69, 9.17) is 9.84 Å². The van der Waals surface area contributed by atoms with Gasteiger partial charge in [-0.3, -0.25) is 9.59 Å². The van der Waals surface area contributed by atoms with Gasteiger partial charge in [-0.1, -0.05) is 6.07 Å². The molecule has 2 fully saturated rings. The van der Waals surface area contributed by atoms with Crippen LogP contribution in [0, 0.1) is 0 Å². The van der Waals surface area contributed by atoms with Crippen LogP contribution in [0.3, 0.4) is 0 Å². The number of hydrogen-bond donors (Lipinski definition) is 1. The van der Waals surface area contributed by atoms with E-state index in [9.17, 15) is 9.59 Å². The number of H-pyrrole nitrogens is 1. The number of thiophene rings is 1. The van der Waals surface area contributed by atoms with Crippen LogP contribution in [0.1, 0.15) is 63.7 Å². The second-order valence-corrected chi connectivity index (χ2v) is 11.8. The van der Waals surface area contributed by atoms with Gasteiger partial charge >= 0.3 is 0 Å². The predicted molar refractivity (Wildman–Crippen MR) is 146 cm³/mol. The molecular formula is C28H24N8O3S. The van der Waals surface area contributed by atoms with Gasteiger partial charge in [-0.05, 0) is 59.7 Å². The van der Waals surface area contributed by atoms with Gasteiger partial charge in [-0.2, -0.15) is 5.10 Å². The number of tetrazole rings is 1. The minimum atomic E-state index is -0.602. The fraction of sp³-hybridized carbons (Fsp3) is 0.321. The number of hydrogen-bond acceptors (Lipinski definition) is 9. The molecule has 11 nitrogen and oxygen atoms in total. The second kappa shape index (κ2) is 8.78. The molecule has 1 spiro atoms. The number of fused-ring (bicyclic) bond motifs is 2. The fourth-order valence-corrected chi connectivity index (χ4v) is 6.90. The normalized spacial score (nSPS) is 18.2. The molecule has 1 aliphatic carbocycles. The Hall–Kier alpha value is -4.45. The van der Waals surface area contributed by atoms with E-state index in [-0.39, 0.29) is 18.1 Å². The molecule has 2 aliphatic heterocycles. The molecule has 1 saturated carbocycles. The van der Waals surface area contributed by atoms with Crippen molar-refractivity contribution in [3.05, 3.63) is 64.8 Å². The van der Waals surface area contributed by atoms with Gasteiger partial charge in [0.15, 0.2) is 17.4 Å². The number of nitrogens with one attached hydrogen (secondary N) is 1. The zero-order valence-corrected chi connectivity index (χ0v) is 22.2. The maximum Gasteiger partial charge on any atom is 0.264 e. The summed E-state index contributed by atoms with van der Waals surface area (Å²) in [5, 5.41) is 19.8. The number of Topliss-reactive ketones (excluding diaryl/α,β-unsaturated/α-hetero) is 1. The minimum absolute atomic E-state index is 0.0122. The van der Waals surface area contributed by atoms with E-state index in [0.717, 1.165) is 40.1 Å². The van der Waals surface area contributed by atoms with E-state index in [1.54, 1.807) is 12.3 Å². The summed E-state index contributed by atoms with van der Waals surface area (Å²) in [6.07, 6.45) is 5.49. The summed E-state index contributed by atoms with van der Waals surface area (Å²) in [7, 11) is 0. The zero-order chi connectivity index (χ0) is 26.8. The number of amides is 1. The summed E-state index contributed by atoms with van der Waals surface area (Å²) in [4.78, 5) is 34.9. The third-order valence-electron chi connectivity index (χ3n) is 8.10. The lowest BCUT2D eigenvalue weighted by atomic mass is 9.82. The minimum Gasteiger partial charge on any atom is -0.486 e. The maximum absolute atomic E-state index is 13.7. The molecule has 1 saturated heterocycles. The van der Waals surface area contributed by atoms with Crippen LogP contribution in [0.5, 0.6) is 5.75 Å². The van der Waals surface area contributed by atoms with Crippen molar-refractivity contribution >= 4 is 33.2 Å². The van der Waals surface area contributed by atoms with E-state index in [1.807, 2.05) is 46.0 Å². The highest BCUT2D eigenvalue weighted by Gasteiger charge is 2.44. The monoisotopic (exact) mass is 552 g/mol. The van der Waals surface area contributed by atoms with Crippen molar-refractivity contribution in [3.8, 4) is 23.0 Å². The smallest absolute Gasteiger partial charge is 0.264 e. The Bertz CT molecular complexity index is 1770. The quantitative estimate of drug-likeness (QED) is 0.351. The average molecular weight is 553 g/mol. The number of piperidine rings is 1. The summed E-state index contributed by atoms with van der Waals surface area (Å²) in [6, 6.07) is 13.2. The number of ketones is 1. The average Bonchev–Trinajstić information content (AvgIpc) is 3.34. The summed E-state index contributed by atoms with van der Waals surface area (Å²) < 4.78 is 8.32. The van der Waals surface area contributed by atoms with Crippen LogP contribution in [0.4, 0.5) is 0 Å². The molecular weight excluding hydrogens is 528 g/mol. The SMILES string of the molecule is O=C1CC2(CCN(C(=O)c3cc4c(C5CC5)nn(-c5ccccn5)c4s3)CC2)Oc2ccc(-c3nnn[nH]3)cc21. The van der Waals surface area contributed by atoms with Gasteiger partial charge in [0, 0.05) is 49.0 Å². The molecule has 40 heavy (non-hydrogen) atoms. The van der Waals surface area contributed by atoms with Gasteiger partial charge < -0.3 is 9.64 Å².